The zero-order valence-corrected chi connectivity index (χ0v) is 15.6. The van der Waals surface area contributed by atoms with Crippen molar-refractivity contribution in [2.75, 3.05) is 25.2 Å². The monoisotopic (exact) mass is 386 g/mol. The number of carbonyl (C=O) groups excluding carboxylic acids is 2. The number of rotatable bonds is 6. The molecule has 3 rings (SSSR count). The van der Waals surface area contributed by atoms with Crippen molar-refractivity contribution in [2.45, 2.75) is 11.4 Å². The highest BCUT2D eigenvalue weighted by atomic mass is 32.2. The van der Waals surface area contributed by atoms with Gasteiger partial charge in [-0.3, -0.25) is 9.59 Å². The molecule has 1 heterocycles. The van der Waals surface area contributed by atoms with Gasteiger partial charge in [-0.1, -0.05) is 42.1 Å². The molecule has 0 bridgehead atoms. The summed E-state index contributed by atoms with van der Waals surface area (Å²) in [4.78, 5) is 27.7. The summed E-state index contributed by atoms with van der Waals surface area (Å²) in [5.74, 6) is -1.07. The third-order valence-electron chi connectivity index (χ3n) is 3.99. The fraction of sp³-hybridized carbons (Fsp3) is 0.200. The maximum absolute atomic E-state index is 14.1. The Hall–Kier alpha value is -2.64. The van der Waals surface area contributed by atoms with Crippen molar-refractivity contribution in [1.29, 1.82) is 0 Å². The molecular formula is C20H19FN2O3S. The van der Waals surface area contributed by atoms with Crippen LogP contribution in [0.5, 0.6) is 0 Å². The second kappa shape index (κ2) is 8.83. The zero-order chi connectivity index (χ0) is 19.2. The van der Waals surface area contributed by atoms with E-state index in [0.29, 0.717) is 29.3 Å². The van der Waals surface area contributed by atoms with E-state index in [9.17, 15) is 14.0 Å². The molecule has 0 radical (unpaired) electrons. The maximum Gasteiger partial charge on any atom is 0.265 e. The number of ether oxygens (including phenoxy) is 1. The van der Waals surface area contributed by atoms with Crippen LogP contribution in [0.15, 0.2) is 64.4 Å². The summed E-state index contributed by atoms with van der Waals surface area (Å²) >= 11 is 1.24. The molecule has 1 N–H and O–H groups in total. The van der Waals surface area contributed by atoms with Crippen LogP contribution in [0.25, 0.3) is 0 Å². The number of hydrogen-bond donors (Lipinski definition) is 1. The Morgan fingerprint density at radius 1 is 1.22 bits per heavy atom. The minimum absolute atomic E-state index is 0.0890. The molecule has 27 heavy (non-hydrogen) atoms. The molecule has 2 aromatic carbocycles. The van der Waals surface area contributed by atoms with E-state index in [1.807, 2.05) is 24.3 Å². The molecule has 1 aliphatic rings. The Labute approximate surface area is 161 Å². The van der Waals surface area contributed by atoms with Crippen LogP contribution in [-0.4, -0.2) is 32.1 Å². The summed E-state index contributed by atoms with van der Waals surface area (Å²) in [6, 6.07) is 13.7. The molecular weight excluding hydrogens is 367 g/mol. The average Bonchev–Trinajstić information content (AvgIpc) is 2.67. The van der Waals surface area contributed by atoms with Crippen LogP contribution in [-0.2, 0) is 20.9 Å². The second-order valence-electron chi connectivity index (χ2n) is 5.84. The van der Waals surface area contributed by atoms with Gasteiger partial charge < -0.3 is 15.0 Å². The first-order valence-corrected chi connectivity index (χ1v) is 9.22. The van der Waals surface area contributed by atoms with Crippen LogP contribution >= 0.6 is 11.8 Å². The highest BCUT2D eigenvalue weighted by molar-refractivity contribution is 8.04. The van der Waals surface area contributed by atoms with Gasteiger partial charge in [-0.15, -0.1) is 0 Å². The summed E-state index contributed by atoms with van der Waals surface area (Å²) in [5.41, 5.74) is 1.11. The molecule has 0 fully saturated rings. The van der Waals surface area contributed by atoms with Gasteiger partial charge in [-0.05, 0) is 18.2 Å². The number of nitrogens with zero attached hydrogens (tertiary/aromatic N) is 1. The van der Waals surface area contributed by atoms with E-state index >= 15 is 0 Å². The van der Waals surface area contributed by atoms with Gasteiger partial charge in [0.1, 0.15) is 5.82 Å². The van der Waals surface area contributed by atoms with Crippen molar-refractivity contribution < 1.29 is 18.7 Å². The number of fused-ring (bicyclic) bond motifs is 1. The van der Waals surface area contributed by atoms with Crippen molar-refractivity contribution >= 4 is 29.3 Å². The van der Waals surface area contributed by atoms with E-state index in [1.165, 1.54) is 28.8 Å². The number of thioether (sulfide) groups is 1. The molecule has 1 aliphatic heterocycles. The Morgan fingerprint density at radius 3 is 2.74 bits per heavy atom. The van der Waals surface area contributed by atoms with Crippen molar-refractivity contribution in [3.8, 4) is 0 Å². The molecule has 7 heteroatoms. The molecule has 0 unspecified atom stereocenters. The van der Waals surface area contributed by atoms with E-state index in [2.05, 4.69) is 5.32 Å². The number of carbonyl (C=O) groups is 2. The quantitative estimate of drug-likeness (QED) is 0.612. The average molecular weight is 386 g/mol. The molecule has 2 amide bonds. The minimum atomic E-state index is -0.371. The van der Waals surface area contributed by atoms with Gasteiger partial charge in [0.25, 0.3) is 5.91 Å². The van der Waals surface area contributed by atoms with E-state index in [0.717, 1.165) is 4.90 Å². The van der Waals surface area contributed by atoms with Gasteiger partial charge in [-0.25, -0.2) is 4.39 Å². The lowest BCUT2D eigenvalue weighted by Gasteiger charge is -2.30. The van der Waals surface area contributed by atoms with Gasteiger partial charge >= 0.3 is 0 Å². The standard InChI is InChI=1S/C20H19FN2O3S/c1-26-11-10-22-19(24)12-18-20(25)23(13-14-6-2-3-7-15(14)21)16-8-4-5-9-17(16)27-18/h2-9,12H,10-11,13H2,1H3,(H,22,24)/b18-12-. The second-order valence-corrected chi connectivity index (χ2v) is 6.93. The third-order valence-corrected chi connectivity index (χ3v) is 5.06. The summed E-state index contributed by atoms with van der Waals surface area (Å²) in [7, 11) is 1.54. The van der Waals surface area contributed by atoms with Crippen LogP contribution < -0.4 is 10.2 Å². The molecule has 0 spiro atoms. The van der Waals surface area contributed by atoms with Crippen LogP contribution in [0, 0.1) is 5.82 Å². The first kappa shape index (κ1) is 19.1. The number of halogens is 1. The Bertz CT molecular complexity index is 885. The highest BCUT2D eigenvalue weighted by Gasteiger charge is 2.30. The van der Waals surface area contributed by atoms with E-state index in [4.69, 9.17) is 4.74 Å². The Kier molecular flexibility index (Phi) is 6.26. The lowest BCUT2D eigenvalue weighted by Crippen LogP contribution is -2.35. The molecule has 0 saturated heterocycles. The molecule has 2 aromatic rings. The zero-order valence-electron chi connectivity index (χ0n) is 14.8. The third kappa shape index (κ3) is 4.56. The van der Waals surface area contributed by atoms with Crippen LogP contribution in [0.4, 0.5) is 10.1 Å². The van der Waals surface area contributed by atoms with Crippen molar-refractivity contribution in [3.05, 3.63) is 70.9 Å². The number of anilines is 1. The predicted molar refractivity (Wildman–Crippen MR) is 103 cm³/mol. The SMILES string of the molecule is COCCNC(=O)/C=C1\Sc2ccccc2N(Cc2ccccc2F)C1=O. The predicted octanol–water partition coefficient (Wildman–Crippen LogP) is 3.11. The van der Waals surface area contributed by atoms with E-state index in [-0.39, 0.29) is 24.2 Å². The lowest BCUT2D eigenvalue weighted by molar-refractivity contribution is -0.118. The fourth-order valence-corrected chi connectivity index (χ4v) is 3.69. The number of benzene rings is 2. The molecule has 0 aliphatic carbocycles. The van der Waals surface area contributed by atoms with Gasteiger partial charge in [0.2, 0.25) is 5.91 Å². The minimum Gasteiger partial charge on any atom is -0.383 e. The number of nitrogens with one attached hydrogen (secondary N) is 1. The van der Waals surface area contributed by atoms with Crippen molar-refractivity contribution in [3.63, 3.8) is 0 Å². The maximum atomic E-state index is 14.1. The summed E-state index contributed by atoms with van der Waals surface area (Å²) in [5, 5.41) is 2.66. The van der Waals surface area contributed by atoms with Crippen molar-refractivity contribution in [2.24, 2.45) is 0 Å². The lowest BCUT2D eigenvalue weighted by atomic mass is 10.1. The van der Waals surface area contributed by atoms with Gasteiger partial charge in [0.15, 0.2) is 0 Å². The molecule has 0 aromatic heterocycles. The van der Waals surface area contributed by atoms with E-state index in [1.54, 1.807) is 25.3 Å². The normalized spacial score (nSPS) is 15.0. The Balaban J connectivity index is 1.89. The first-order chi connectivity index (χ1) is 13.1. The smallest absolute Gasteiger partial charge is 0.265 e. The number of hydrogen-bond acceptors (Lipinski definition) is 4. The highest BCUT2D eigenvalue weighted by Crippen LogP contribution is 2.41. The topological polar surface area (TPSA) is 58.6 Å². The van der Waals surface area contributed by atoms with Gasteiger partial charge in [-0.2, -0.15) is 0 Å². The van der Waals surface area contributed by atoms with Crippen LogP contribution in [0.2, 0.25) is 0 Å². The largest absolute Gasteiger partial charge is 0.383 e. The number of methoxy groups -OCH3 is 1. The van der Waals surface area contributed by atoms with Crippen LogP contribution in [0.3, 0.4) is 0 Å². The number of amides is 2. The summed E-state index contributed by atoms with van der Waals surface area (Å²) in [6.45, 7) is 0.831. The first-order valence-electron chi connectivity index (χ1n) is 8.41. The van der Waals surface area contributed by atoms with Crippen molar-refractivity contribution in [1.82, 2.24) is 5.32 Å². The fourth-order valence-electron chi connectivity index (χ4n) is 2.66. The molecule has 140 valence electrons. The Morgan fingerprint density at radius 2 is 1.96 bits per heavy atom. The number of para-hydroxylation sites is 1. The summed E-state index contributed by atoms with van der Waals surface area (Å²) in [6.07, 6.45) is 1.28. The summed E-state index contributed by atoms with van der Waals surface area (Å²) < 4.78 is 19.0. The molecule has 0 atom stereocenters. The van der Waals surface area contributed by atoms with Gasteiger partial charge in [0.05, 0.1) is 23.7 Å². The molecule has 5 nitrogen and oxygen atoms in total. The van der Waals surface area contributed by atoms with E-state index < -0.39 is 0 Å². The molecule has 0 saturated carbocycles. The van der Waals surface area contributed by atoms with Crippen LogP contribution in [0.1, 0.15) is 5.56 Å². The van der Waals surface area contributed by atoms with Gasteiger partial charge in [0, 0.05) is 30.2 Å².